The molecule has 4 heteroatoms. The van der Waals surface area contributed by atoms with E-state index in [1.807, 2.05) is 4.90 Å². The summed E-state index contributed by atoms with van der Waals surface area (Å²) in [5, 5.41) is 20.8. The van der Waals surface area contributed by atoms with E-state index >= 15 is 0 Å². The average Bonchev–Trinajstić information content (AvgIpc) is 2.65. The van der Waals surface area contributed by atoms with Gasteiger partial charge in [-0.25, -0.2) is 0 Å². The molecule has 2 rings (SSSR count). The first-order valence-electron chi connectivity index (χ1n) is 9.00. The maximum absolute atomic E-state index is 12.1. The van der Waals surface area contributed by atoms with Crippen molar-refractivity contribution in [3.63, 3.8) is 0 Å². The molecule has 1 aliphatic heterocycles. The summed E-state index contributed by atoms with van der Waals surface area (Å²) in [5.41, 5.74) is 1.76. The molecule has 0 aromatic heterocycles. The lowest BCUT2D eigenvalue weighted by atomic mass is 9.96. The normalized spacial score (nSPS) is 14.8. The molecule has 0 atom stereocenters. The maximum atomic E-state index is 12.1. The van der Waals surface area contributed by atoms with Crippen molar-refractivity contribution in [1.29, 1.82) is 0 Å². The van der Waals surface area contributed by atoms with Crippen LogP contribution in [0, 0.1) is 0 Å². The Morgan fingerprint density at radius 2 is 1.77 bits per heavy atom. The predicted octanol–water partition coefficient (Wildman–Crippen LogP) is 4.14. The van der Waals surface area contributed by atoms with Crippen molar-refractivity contribution >= 4 is 12.0 Å². The number of phenolic OH excluding ortho intramolecular Hbond substituents is 2. The fraction of sp³-hybridized carbons (Fsp3) is 0.318. The van der Waals surface area contributed by atoms with E-state index in [1.54, 1.807) is 42.5 Å². The summed E-state index contributed by atoms with van der Waals surface area (Å²) < 4.78 is 0. The number of benzene rings is 1. The number of allylic oxidation sites excluding steroid dienone is 4. The zero-order valence-electron chi connectivity index (χ0n) is 15.2. The summed E-state index contributed by atoms with van der Waals surface area (Å²) in [6.07, 6.45) is 14.2. The van der Waals surface area contributed by atoms with Crippen LogP contribution in [0.3, 0.4) is 0 Å². The number of rotatable bonds is 7. The molecule has 1 saturated heterocycles. The summed E-state index contributed by atoms with van der Waals surface area (Å²) in [4.78, 5) is 14.0. The van der Waals surface area contributed by atoms with E-state index in [-0.39, 0.29) is 17.4 Å². The average molecular weight is 353 g/mol. The second-order valence-corrected chi connectivity index (χ2v) is 6.39. The Hall–Kier alpha value is -2.75. The number of phenols is 2. The van der Waals surface area contributed by atoms with Crippen LogP contribution in [0.15, 0.2) is 49.6 Å². The smallest absolute Gasteiger partial charge is 0.246 e. The highest BCUT2D eigenvalue weighted by Gasteiger charge is 2.15. The van der Waals surface area contributed by atoms with E-state index in [4.69, 9.17) is 0 Å². The monoisotopic (exact) mass is 353 g/mol. The molecule has 0 aliphatic carbocycles. The van der Waals surface area contributed by atoms with Crippen molar-refractivity contribution in [2.45, 2.75) is 32.1 Å². The van der Waals surface area contributed by atoms with Crippen molar-refractivity contribution in [3.8, 4) is 11.5 Å². The van der Waals surface area contributed by atoms with Gasteiger partial charge in [-0.2, -0.15) is 0 Å². The molecule has 1 heterocycles. The van der Waals surface area contributed by atoms with Crippen molar-refractivity contribution in [3.05, 3.63) is 66.3 Å². The van der Waals surface area contributed by atoms with E-state index in [0.29, 0.717) is 29.5 Å². The predicted molar refractivity (Wildman–Crippen MR) is 106 cm³/mol. The minimum absolute atomic E-state index is 0.00754. The molecule has 1 amide bonds. The summed E-state index contributed by atoms with van der Waals surface area (Å²) in [6.45, 7) is 9.00. The van der Waals surface area contributed by atoms with E-state index in [2.05, 4.69) is 13.2 Å². The topological polar surface area (TPSA) is 60.8 Å². The number of likely N-dealkylation sites (tertiary alicyclic amines) is 1. The van der Waals surface area contributed by atoms with Crippen molar-refractivity contribution in [2.75, 3.05) is 13.1 Å². The molecule has 0 radical (unpaired) electrons. The van der Waals surface area contributed by atoms with Crippen LogP contribution < -0.4 is 0 Å². The number of piperidine rings is 1. The number of nitrogens with zero attached hydrogens (tertiary/aromatic N) is 1. The van der Waals surface area contributed by atoms with Gasteiger partial charge in [0.25, 0.3) is 0 Å². The van der Waals surface area contributed by atoms with Gasteiger partial charge in [0, 0.05) is 35.9 Å². The van der Waals surface area contributed by atoms with Crippen molar-refractivity contribution in [1.82, 2.24) is 4.90 Å². The molecule has 0 spiro atoms. The molecule has 26 heavy (non-hydrogen) atoms. The van der Waals surface area contributed by atoms with Crippen LogP contribution in [-0.2, 0) is 17.6 Å². The maximum Gasteiger partial charge on any atom is 0.246 e. The van der Waals surface area contributed by atoms with Crippen LogP contribution >= 0.6 is 0 Å². The van der Waals surface area contributed by atoms with E-state index in [0.717, 1.165) is 25.9 Å². The molecule has 0 saturated carbocycles. The summed E-state index contributed by atoms with van der Waals surface area (Å²) in [5.74, 6) is 0.243. The Morgan fingerprint density at radius 3 is 2.42 bits per heavy atom. The van der Waals surface area contributed by atoms with Gasteiger partial charge >= 0.3 is 0 Å². The summed E-state index contributed by atoms with van der Waals surface area (Å²) >= 11 is 0. The molecule has 1 aromatic carbocycles. The summed E-state index contributed by atoms with van der Waals surface area (Å²) in [7, 11) is 0. The van der Waals surface area contributed by atoms with Crippen LogP contribution in [0.4, 0.5) is 0 Å². The molecular weight excluding hydrogens is 326 g/mol. The molecule has 138 valence electrons. The van der Waals surface area contributed by atoms with E-state index in [1.165, 1.54) is 6.42 Å². The number of carbonyl (C=O) groups excluding carboxylic acids is 1. The van der Waals surface area contributed by atoms with Gasteiger partial charge in [-0.1, -0.05) is 30.4 Å². The van der Waals surface area contributed by atoms with Gasteiger partial charge in [0.1, 0.15) is 11.5 Å². The van der Waals surface area contributed by atoms with E-state index < -0.39 is 0 Å². The number of hydrogen-bond acceptors (Lipinski definition) is 3. The van der Waals surface area contributed by atoms with Crippen molar-refractivity contribution in [2.24, 2.45) is 0 Å². The number of hydrogen-bond donors (Lipinski definition) is 2. The first kappa shape index (κ1) is 19.6. The Morgan fingerprint density at radius 1 is 1.08 bits per heavy atom. The fourth-order valence-corrected chi connectivity index (χ4v) is 3.13. The van der Waals surface area contributed by atoms with Crippen LogP contribution in [0.5, 0.6) is 11.5 Å². The third-order valence-corrected chi connectivity index (χ3v) is 4.50. The third kappa shape index (κ3) is 4.88. The van der Waals surface area contributed by atoms with Gasteiger partial charge in [-0.05, 0) is 38.2 Å². The minimum atomic E-state index is 0.00754. The van der Waals surface area contributed by atoms with Crippen molar-refractivity contribution < 1.29 is 15.0 Å². The second-order valence-electron chi connectivity index (χ2n) is 6.39. The third-order valence-electron chi connectivity index (χ3n) is 4.50. The Balaban J connectivity index is 2.21. The van der Waals surface area contributed by atoms with Gasteiger partial charge in [0.15, 0.2) is 0 Å². The van der Waals surface area contributed by atoms with Gasteiger partial charge in [-0.15, -0.1) is 13.2 Å². The highest BCUT2D eigenvalue weighted by Crippen LogP contribution is 2.35. The zero-order valence-corrected chi connectivity index (χ0v) is 15.2. The standard InChI is InChI=1S/C22H27NO3/c1-3-10-17-16-20(24)18(11-4-2)19(22(17)26)12-6-7-13-21(25)23-14-8-5-9-15-23/h3-4,6-7,12-13,16,24,26H,1-2,5,8-11,14-15H2. The second kappa shape index (κ2) is 9.66. The van der Waals surface area contributed by atoms with Crippen LogP contribution in [-0.4, -0.2) is 34.1 Å². The number of aromatic hydroxyl groups is 2. The van der Waals surface area contributed by atoms with Crippen LogP contribution in [0.25, 0.3) is 6.08 Å². The molecule has 1 aliphatic rings. The molecule has 1 aromatic rings. The van der Waals surface area contributed by atoms with Gasteiger partial charge in [0.05, 0.1) is 0 Å². The summed E-state index contributed by atoms with van der Waals surface area (Å²) in [6, 6.07) is 1.56. The van der Waals surface area contributed by atoms with Crippen LogP contribution in [0.1, 0.15) is 36.0 Å². The first-order valence-corrected chi connectivity index (χ1v) is 9.00. The fourth-order valence-electron chi connectivity index (χ4n) is 3.13. The lowest BCUT2D eigenvalue weighted by Crippen LogP contribution is -2.34. The highest BCUT2D eigenvalue weighted by atomic mass is 16.3. The molecule has 0 unspecified atom stereocenters. The van der Waals surface area contributed by atoms with Gasteiger partial charge in [0.2, 0.25) is 5.91 Å². The van der Waals surface area contributed by atoms with Gasteiger partial charge < -0.3 is 15.1 Å². The Bertz CT molecular complexity index is 725. The molecule has 2 N–H and O–H groups in total. The SMILES string of the molecule is C=CCc1cc(O)c(CC=C)c(C=CC=CC(=O)N2CCCCC2)c1O. The lowest BCUT2D eigenvalue weighted by Gasteiger charge is -2.25. The first-order chi connectivity index (χ1) is 12.6. The largest absolute Gasteiger partial charge is 0.508 e. The number of amides is 1. The molecule has 0 bridgehead atoms. The lowest BCUT2D eigenvalue weighted by molar-refractivity contribution is -0.126. The number of carbonyl (C=O) groups is 1. The quantitative estimate of drug-likeness (QED) is 0.335. The highest BCUT2D eigenvalue weighted by molar-refractivity contribution is 5.88. The molecular formula is C22H27NO3. The minimum Gasteiger partial charge on any atom is -0.508 e. The van der Waals surface area contributed by atoms with E-state index in [9.17, 15) is 15.0 Å². The Labute approximate surface area is 155 Å². The molecule has 1 fully saturated rings. The molecule has 4 nitrogen and oxygen atoms in total. The zero-order chi connectivity index (χ0) is 18.9. The Kier molecular flexibility index (Phi) is 7.27. The van der Waals surface area contributed by atoms with Crippen LogP contribution in [0.2, 0.25) is 0 Å². The van der Waals surface area contributed by atoms with Gasteiger partial charge in [-0.3, -0.25) is 4.79 Å².